The number of hydrogen-bond acceptors (Lipinski definition) is 6. The number of tetrazole rings is 1. The van der Waals surface area contributed by atoms with Gasteiger partial charge in [-0.05, 0) is 35.0 Å². The van der Waals surface area contributed by atoms with Gasteiger partial charge in [-0.25, -0.2) is 4.68 Å². The second-order valence-corrected chi connectivity index (χ2v) is 4.99. The minimum absolute atomic E-state index is 0.0580. The normalized spacial score (nSPS) is 12.4. The van der Waals surface area contributed by atoms with Crippen LogP contribution in [-0.2, 0) is 7.05 Å². The number of hydrogen-bond donors (Lipinski definition) is 1. The number of nitrogens with zero attached hydrogens (tertiary/aromatic N) is 4. The van der Waals surface area contributed by atoms with E-state index in [1.807, 2.05) is 38.2 Å². The molecule has 0 aliphatic rings. The zero-order valence-electron chi connectivity index (χ0n) is 11.0. The standard InChI is InChI=1S/C12H17N5OS/c1-3-18-10-6-4-9(5-7-10)11(13)8-19-12-14-15-16-17(12)2/h4-7,11H,3,8,13H2,1-2H3. The van der Waals surface area contributed by atoms with Crippen LogP contribution in [0.25, 0.3) is 0 Å². The maximum absolute atomic E-state index is 6.15. The van der Waals surface area contributed by atoms with Gasteiger partial charge >= 0.3 is 0 Å². The summed E-state index contributed by atoms with van der Waals surface area (Å²) in [7, 11) is 1.81. The SMILES string of the molecule is CCOc1ccc(C(N)CSc2nnnn2C)cc1. The summed E-state index contributed by atoms with van der Waals surface area (Å²) in [5.41, 5.74) is 7.22. The molecule has 2 rings (SSSR count). The molecular formula is C12H17N5OS. The molecule has 1 heterocycles. The van der Waals surface area contributed by atoms with Crippen LogP contribution >= 0.6 is 11.8 Å². The van der Waals surface area contributed by atoms with Crippen LogP contribution in [0.3, 0.4) is 0 Å². The average Bonchev–Trinajstić information content (AvgIpc) is 2.83. The van der Waals surface area contributed by atoms with Crippen molar-refractivity contribution in [1.29, 1.82) is 0 Å². The summed E-state index contributed by atoms with van der Waals surface area (Å²) in [6.45, 7) is 2.63. The number of ether oxygens (including phenoxy) is 1. The van der Waals surface area contributed by atoms with Crippen molar-refractivity contribution in [3.63, 3.8) is 0 Å². The molecule has 0 aliphatic heterocycles. The third kappa shape index (κ3) is 3.68. The summed E-state index contributed by atoms with van der Waals surface area (Å²) in [4.78, 5) is 0. The van der Waals surface area contributed by atoms with Gasteiger partial charge in [0, 0.05) is 18.8 Å². The number of thioether (sulfide) groups is 1. The van der Waals surface area contributed by atoms with Gasteiger partial charge in [-0.15, -0.1) is 5.10 Å². The number of aryl methyl sites for hydroxylation is 1. The van der Waals surface area contributed by atoms with Crippen molar-refractivity contribution < 1.29 is 4.74 Å². The molecule has 0 aliphatic carbocycles. The van der Waals surface area contributed by atoms with Crippen LogP contribution in [0.4, 0.5) is 0 Å². The first-order chi connectivity index (χ1) is 9.20. The lowest BCUT2D eigenvalue weighted by molar-refractivity contribution is 0.340. The molecule has 19 heavy (non-hydrogen) atoms. The molecule has 0 spiro atoms. The van der Waals surface area contributed by atoms with E-state index in [0.717, 1.165) is 22.2 Å². The fourth-order valence-electron chi connectivity index (χ4n) is 1.58. The Morgan fingerprint density at radius 1 is 1.37 bits per heavy atom. The molecule has 0 radical (unpaired) electrons. The van der Waals surface area contributed by atoms with Gasteiger partial charge in [-0.2, -0.15) is 0 Å². The van der Waals surface area contributed by atoms with E-state index in [-0.39, 0.29) is 6.04 Å². The Morgan fingerprint density at radius 3 is 2.68 bits per heavy atom. The predicted molar refractivity (Wildman–Crippen MR) is 74.1 cm³/mol. The van der Waals surface area contributed by atoms with E-state index >= 15 is 0 Å². The Morgan fingerprint density at radius 2 is 2.11 bits per heavy atom. The number of aromatic nitrogens is 4. The van der Waals surface area contributed by atoms with Gasteiger partial charge in [0.2, 0.25) is 5.16 Å². The first kappa shape index (κ1) is 13.8. The van der Waals surface area contributed by atoms with E-state index in [1.165, 1.54) is 0 Å². The highest BCUT2D eigenvalue weighted by molar-refractivity contribution is 7.99. The van der Waals surface area contributed by atoms with Gasteiger partial charge in [0.1, 0.15) is 5.75 Å². The second kappa shape index (κ2) is 6.53. The Hall–Kier alpha value is -1.60. The van der Waals surface area contributed by atoms with Crippen LogP contribution in [0.15, 0.2) is 29.4 Å². The molecule has 6 nitrogen and oxygen atoms in total. The molecule has 1 unspecified atom stereocenters. The molecule has 2 aromatic rings. The highest BCUT2D eigenvalue weighted by Gasteiger charge is 2.10. The Balaban J connectivity index is 1.92. The largest absolute Gasteiger partial charge is 0.494 e. The van der Waals surface area contributed by atoms with Crippen LogP contribution in [0.2, 0.25) is 0 Å². The molecule has 1 aromatic carbocycles. The molecule has 2 N–H and O–H groups in total. The first-order valence-corrected chi connectivity index (χ1v) is 7.02. The van der Waals surface area contributed by atoms with Crippen molar-refractivity contribution in [2.45, 2.75) is 18.1 Å². The van der Waals surface area contributed by atoms with Crippen molar-refractivity contribution in [1.82, 2.24) is 20.2 Å². The molecule has 0 amide bonds. The molecule has 1 atom stereocenters. The third-order valence-electron chi connectivity index (χ3n) is 2.59. The maximum Gasteiger partial charge on any atom is 0.209 e. The average molecular weight is 279 g/mol. The summed E-state index contributed by atoms with van der Waals surface area (Å²) in [5.74, 6) is 1.59. The summed E-state index contributed by atoms with van der Waals surface area (Å²) in [6, 6.07) is 7.80. The zero-order chi connectivity index (χ0) is 13.7. The van der Waals surface area contributed by atoms with E-state index in [9.17, 15) is 0 Å². The fourth-order valence-corrected chi connectivity index (χ4v) is 2.42. The Labute approximate surface area is 116 Å². The van der Waals surface area contributed by atoms with Gasteiger partial charge < -0.3 is 10.5 Å². The minimum atomic E-state index is -0.0580. The van der Waals surface area contributed by atoms with Crippen LogP contribution in [0.5, 0.6) is 5.75 Å². The Kier molecular flexibility index (Phi) is 4.75. The highest BCUT2D eigenvalue weighted by Crippen LogP contribution is 2.22. The lowest BCUT2D eigenvalue weighted by atomic mass is 10.1. The van der Waals surface area contributed by atoms with Gasteiger partial charge in [0.15, 0.2) is 0 Å². The molecule has 1 aromatic heterocycles. The second-order valence-electron chi connectivity index (χ2n) is 4.00. The van der Waals surface area contributed by atoms with Crippen molar-refractivity contribution in [3.8, 4) is 5.75 Å². The molecule has 7 heteroatoms. The van der Waals surface area contributed by atoms with E-state index in [4.69, 9.17) is 10.5 Å². The van der Waals surface area contributed by atoms with Crippen LogP contribution in [0, 0.1) is 0 Å². The first-order valence-electron chi connectivity index (χ1n) is 6.04. The summed E-state index contributed by atoms with van der Waals surface area (Å²) in [5, 5.41) is 12.0. The van der Waals surface area contributed by atoms with Gasteiger partial charge in [0.25, 0.3) is 0 Å². The van der Waals surface area contributed by atoms with Crippen LogP contribution in [-0.4, -0.2) is 32.6 Å². The van der Waals surface area contributed by atoms with Gasteiger partial charge in [0.05, 0.1) is 6.61 Å². The van der Waals surface area contributed by atoms with Crippen LogP contribution < -0.4 is 10.5 Å². The highest BCUT2D eigenvalue weighted by atomic mass is 32.2. The summed E-state index contributed by atoms with van der Waals surface area (Å²) in [6.07, 6.45) is 0. The lowest BCUT2D eigenvalue weighted by Crippen LogP contribution is -2.13. The molecule has 0 saturated heterocycles. The van der Waals surface area contributed by atoms with E-state index in [1.54, 1.807) is 16.4 Å². The van der Waals surface area contributed by atoms with Crippen molar-refractivity contribution >= 4 is 11.8 Å². The number of nitrogens with two attached hydrogens (primary N) is 1. The molecule has 0 bridgehead atoms. The topological polar surface area (TPSA) is 78.8 Å². The number of benzene rings is 1. The smallest absolute Gasteiger partial charge is 0.209 e. The summed E-state index contributed by atoms with van der Waals surface area (Å²) >= 11 is 1.54. The minimum Gasteiger partial charge on any atom is -0.494 e. The van der Waals surface area contributed by atoms with Gasteiger partial charge in [-0.3, -0.25) is 0 Å². The van der Waals surface area contributed by atoms with Crippen molar-refractivity contribution in [2.75, 3.05) is 12.4 Å². The third-order valence-corrected chi connectivity index (χ3v) is 3.72. The van der Waals surface area contributed by atoms with E-state index in [0.29, 0.717) is 6.61 Å². The van der Waals surface area contributed by atoms with Crippen molar-refractivity contribution in [2.24, 2.45) is 12.8 Å². The predicted octanol–water partition coefficient (Wildman–Crippen LogP) is 1.40. The maximum atomic E-state index is 6.15. The monoisotopic (exact) mass is 279 g/mol. The van der Waals surface area contributed by atoms with Crippen LogP contribution in [0.1, 0.15) is 18.5 Å². The quantitative estimate of drug-likeness (QED) is 0.805. The Bertz CT molecular complexity index is 513. The lowest BCUT2D eigenvalue weighted by Gasteiger charge is -2.11. The van der Waals surface area contributed by atoms with Crippen molar-refractivity contribution in [3.05, 3.63) is 29.8 Å². The molecule has 102 valence electrons. The number of rotatable bonds is 6. The fraction of sp³-hybridized carbons (Fsp3) is 0.417. The zero-order valence-corrected chi connectivity index (χ0v) is 11.8. The molecule has 0 fully saturated rings. The van der Waals surface area contributed by atoms with Gasteiger partial charge in [-0.1, -0.05) is 23.9 Å². The van der Waals surface area contributed by atoms with E-state index in [2.05, 4.69) is 15.5 Å². The molecular weight excluding hydrogens is 262 g/mol. The molecule has 0 saturated carbocycles. The van der Waals surface area contributed by atoms with E-state index < -0.39 is 0 Å². The summed E-state index contributed by atoms with van der Waals surface area (Å²) < 4.78 is 7.03.